The second-order valence-corrected chi connectivity index (χ2v) is 8.00. The molecule has 1 aliphatic heterocycles. The van der Waals surface area contributed by atoms with Crippen LogP contribution in [0.5, 0.6) is 0 Å². The summed E-state index contributed by atoms with van der Waals surface area (Å²) in [6.07, 6.45) is -0.452. The molecule has 1 aromatic heterocycles. The highest BCUT2D eigenvalue weighted by atomic mass is 79.9. The van der Waals surface area contributed by atoms with E-state index >= 15 is 0 Å². The van der Waals surface area contributed by atoms with Gasteiger partial charge in [0.2, 0.25) is 5.91 Å². The van der Waals surface area contributed by atoms with Crippen LogP contribution < -0.4 is 16.2 Å². The van der Waals surface area contributed by atoms with Gasteiger partial charge in [-0.15, -0.1) is 0 Å². The minimum Gasteiger partial charge on any atom is -0.350 e. The van der Waals surface area contributed by atoms with Crippen LogP contribution >= 0.6 is 15.9 Å². The first-order chi connectivity index (χ1) is 12.7. The van der Waals surface area contributed by atoms with E-state index in [4.69, 9.17) is 0 Å². The van der Waals surface area contributed by atoms with Crippen molar-refractivity contribution in [2.24, 2.45) is 0 Å². The van der Waals surface area contributed by atoms with Crippen LogP contribution in [0.3, 0.4) is 0 Å². The molecule has 0 aliphatic carbocycles. The van der Waals surface area contributed by atoms with Crippen molar-refractivity contribution in [1.29, 1.82) is 0 Å². The molecule has 1 fully saturated rings. The first-order valence-electron chi connectivity index (χ1n) is 8.67. The number of amides is 1. The standard InChI is InChI=1S/C18H20BrF2N4O2/c1-10(2)16-13-4-3-11(19)5-14(13)17(27)25(24-16)8-15(26)23-12-6-18(20,21)9-22-7-12/h3-5,10,12H,6-9H2,1-2H3,(H,23,26)/t12-/m0/s1. The molecule has 1 aromatic carbocycles. The van der Waals surface area contributed by atoms with Gasteiger partial charge in [0.25, 0.3) is 11.5 Å². The molecule has 1 aliphatic rings. The van der Waals surface area contributed by atoms with Gasteiger partial charge in [-0.05, 0) is 18.1 Å². The zero-order valence-electron chi connectivity index (χ0n) is 15.0. The third kappa shape index (κ3) is 4.52. The predicted molar refractivity (Wildman–Crippen MR) is 101 cm³/mol. The SMILES string of the molecule is CC(C)c1nn(CC(=O)N[C@@H]2C[N]CC(F)(F)C2)c(=O)c2cc(Br)ccc12. The monoisotopic (exact) mass is 441 g/mol. The topological polar surface area (TPSA) is 78.1 Å². The molecule has 9 heteroatoms. The van der Waals surface area contributed by atoms with E-state index in [9.17, 15) is 18.4 Å². The Kier molecular flexibility index (Phi) is 5.62. The molecular formula is C18H20BrF2N4O2. The van der Waals surface area contributed by atoms with Gasteiger partial charge in [0.15, 0.2) is 0 Å². The Morgan fingerprint density at radius 3 is 2.81 bits per heavy atom. The average molecular weight is 442 g/mol. The molecule has 2 aromatic rings. The van der Waals surface area contributed by atoms with Crippen LogP contribution in [0.4, 0.5) is 8.78 Å². The number of piperidine rings is 1. The molecule has 1 N–H and O–H groups in total. The van der Waals surface area contributed by atoms with Crippen molar-refractivity contribution in [3.05, 3.63) is 38.7 Å². The van der Waals surface area contributed by atoms with Gasteiger partial charge in [-0.2, -0.15) is 5.10 Å². The number of carbonyl (C=O) groups excluding carboxylic acids is 1. The van der Waals surface area contributed by atoms with E-state index in [1.54, 1.807) is 6.07 Å². The van der Waals surface area contributed by atoms with Crippen LogP contribution in [-0.2, 0) is 11.3 Å². The number of rotatable bonds is 4. The van der Waals surface area contributed by atoms with Gasteiger partial charge < -0.3 is 5.32 Å². The Hall–Kier alpha value is -1.87. The van der Waals surface area contributed by atoms with Crippen LogP contribution in [0.25, 0.3) is 10.8 Å². The summed E-state index contributed by atoms with van der Waals surface area (Å²) in [5, 5.41) is 11.8. The van der Waals surface area contributed by atoms with Gasteiger partial charge in [0.05, 0.1) is 17.6 Å². The summed E-state index contributed by atoms with van der Waals surface area (Å²) < 4.78 is 28.7. The Balaban J connectivity index is 1.87. The van der Waals surface area contributed by atoms with Gasteiger partial charge in [0, 0.05) is 28.9 Å². The molecule has 1 saturated heterocycles. The number of carbonyl (C=O) groups is 1. The smallest absolute Gasteiger partial charge is 0.275 e. The first-order valence-corrected chi connectivity index (χ1v) is 9.46. The Bertz CT molecular complexity index is 929. The summed E-state index contributed by atoms with van der Waals surface area (Å²) in [4.78, 5) is 25.1. The van der Waals surface area contributed by atoms with Crippen LogP contribution in [0, 0.1) is 0 Å². The molecule has 2 heterocycles. The summed E-state index contributed by atoms with van der Waals surface area (Å²) >= 11 is 3.35. The number of benzene rings is 1. The largest absolute Gasteiger partial charge is 0.350 e. The molecule has 1 amide bonds. The summed E-state index contributed by atoms with van der Waals surface area (Å²) in [6.45, 7) is 3.20. The van der Waals surface area contributed by atoms with E-state index in [-0.39, 0.29) is 19.0 Å². The number of hydrogen-bond donors (Lipinski definition) is 1. The van der Waals surface area contributed by atoms with Gasteiger partial charge in [-0.1, -0.05) is 35.8 Å². The quantitative estimate of drug-likeness (QED) is 0.790. The predicted octanol–water partition coefficient (Wildman–Crippen LogP) is 2.41. The third-order valence-corrected chi connectivity index (χ3v) is 4.89. The van der Waals surface area contributed by atoms with E-state index in [0.29, 0.717) is 11.1 Å². The number of nitrogens with zero attached hydrogens (tertiary/aromatic N) is 3. The molecule has 145 valence electrons. The van der Waals surface area contributed by atoms with Gasteiger partial charge in [-0.3, -0.25) is 9.59 Å². The van der Waals surface area contributed by atoms with E-state index in [0.717, 1.165) is 14.5 Å². The zero-order chi connectivity index (χ0) is 19.8. The van der Waals surface area contributed by atoms with E-state index in [1.165, 1.54) is 0 Å². The van der Waals surface area contributed by atoms with Crippen molar-refractivity contribution < 1.29 is 13.6 Å². The molecule has 0 unspecified atom stereocenters. The molecule has 0 bridgehead atoms. The third-order valence-electron chi connectivity index (χ3n) is 4.39. The van der Waals surface area contributed by atoms with E-state index in [1.807, 2.05) is 26.0 Å². The Morgan fingerprint density at radius 2 is 2.15 bits per heavy atom. The van der Waals surface area contributed by atoms with Crippen LogP contribution in [0.15, 0.2) is 27.5 Å². The maximum absolute atomic E-state index is 13.4. The zero-order valence-corrected chi connectivity index (χ0v) is 16.6. The maximum Gasteiger partial charge on any atom is 0.275 e. The summed E-state index contributed by atoms with van der Waals surface area (Å²) in [5.41, 5.74) is 0.300. The lowest BCUT2D eigenvalue weighted by Gasteiger charge is -2.29. The maximum atomic E-state index is 13.4. The van der Waals surface area contributed by atoms with Crippen LogP contribution in [-0.4, -0.2) is 40.7 Å². The average Bonchev–Trinajstić information content (AvgIpc) is 2.56. The number of fused-ring (bicyclic) bond motifs is 1. The molecule has 6 nitrogen and oxygen atoms in total. The number of nitrogens with one attached hydrogen (secondary N) is 1. The Morgan fingerprint density at radius 1 is 1.41 bits per heavy atom. The second kappa shape index (κ2) is 7.63. The van der Waals surface area contributed by atoms with E-state index in [2.05, 4.69) is 31.7 Å². The summed E-state index contributed by atoms with van der Waals surface area (Å²) in [7, 11) is 0. The molecular weight excluding hydrogens is 422 g/mol. The molecule has 0 spiro atoms. The lowest BCUT2D eigenvalue weighted by atomic mass is 10.0. The van der Waals surface area contributed by atoms with Crippen molar-refractivity contribution in [1.82, 2.24) is 20.4 Å². The minimum absolute atomic E-state index is 0.0411. The normalized spacial score (nSPS) is 19.4. The van der Waals surface area contributed by atoms with Crippen molar-refractivity contribution in [2.45, 2.75) is 44.7 Å². The fourth-order valence-corrected chi connectivity index (χ4v) is 3.56. The molecule has 27 heavy (non-hydrogen) atoms. The lowest BCUT2D eigenvalue weighted by Crippen LogP contribution is -2.51. The second-order valence-electron chi connectivity index (χ2n) is 7.08. The van der Waals surface area contributed by atoms with Crippen molar-refractivity contribution in [3.8, 4) is 0 Å². The highest BCUT2D eigenvalue weighted by Gasteiger charge is 2.37. The Labute approximate surface area is 163 Å². The number of alkyl halides is 2. The molecule has 3 rings (SSSR count). The van der Waals surface area contributed by atoms with Crippen molar-refractivity contribution >= 4 is 32.6 Å². The van der Waals surface area contributed by atoms with Crippen LogP contribution in [0.1, 0.15) is 31.9 Å². The summed E-state index contributed by atoms with van der Waals surface area (Å²) in [5.74, 6) is -3.41. The highest BCUT2D eigenvalue weighted by molar-refractivity contribution is 9.10. The van der Waals surface area contributed by atoms with Gasteiger partial charge in [0.1, 0.15) is 6.54 Å². The van der Waals surface area contributed by atoms with E-state index < -0.39 is 36.4 Å². The molecule has 0 saturated carbocycles. The molecule has 1 atom stereocenters. The minimum atomic E-state index is -2.91. The lowest BCUT2D eigenvalue weighted by molar-refractivity contribution is -0.123. The summed E-state index contributed by atoms with van der Waals surface area (Å²) in [6, 6.07) is 4.61. The molecule has 1 radical (unpaired) electrons. The van der Waals surface area contributed by atoms with Crippen LogP contribution in [0.2, 0.25) is 0 Å². The van der Waals surface area contributed by atoms with Gasteiger partial charge in [-0.25, -0.2) is 18.8 Å². The van der Waals surface area contributed by atoms with Gasteiger partial charge >= 0.3 is 0 Å². The van der Waals surface area contributed by atoms with Crippen molar-refractivity contribution in [3.63, 3.8) is 0 Å². The number of aromatic nitrogens is 2. The number of hydrogen-bond acceptors (Lipinski definition) is 3. The fraction of sp³-hybridized carbons (Fsp3) is 0.500. The highest BCUT2D eigenvalue weighted by Crippen LogP contribution is 2.24. The van der Waals surface area contributed by atoms with Crippen molar-refractivity contribution in [2.75, 3.05) is 13.1 Å². The fourth-order valence-electron chi connectivity index (χ4n) is 3.20. The number of halogens is 3. The first kappa shape index (κ1) is 19.9.